The molecule has 0 rings (SSSR count). The lowest BCUT2D eigenvalue weighted by Gasteiger charge is -2.27. The maximum Gasteiger partial charge on any atom is 0.221 e. The van der Waals surface area contributed by atoms with Gasteiger partial charge >= 0.3 is 0 Å². The lowest BCUT2D eigenvalue weighted by Crippen LogP contribution is -2.41. The van der Waals surface area contributed by atoms with Crippen LogP contribution in [0.1, 0.15) is 34.1 Å². The van der Waals surface area contributed by atoms with Gasteiger partial charge in [0.1, 0.15) is 0 Å². The van der Waals surface area contributed by atoms with Crippen molar-refractivity contribution < 1.29 is 9.90 Å². The van der Waals surface area contributed by atoms with Crippen molar-refractivity contribution in [3.63, 3.8) is 0 Å². The van der Waals surface area contributed by atoms with Crippen LogP contribution in [0, 0.1) is 5.41 Å². The number of amides is 1. The molecule has 0 aliphatic carbocycles. The standard InChI is InChI=1S/C11H24N2O2/c1-8(6-10(15)12-5)13-7-9(14)11(2,3)4/h8-9,13-14H,6-7H2,1-5H3,(H,12,15). The number of aliphatic hydroxyl groups excluding tert-OH is 1. The van der Waals surface area contributed by atoms with Crippen molar-refractivity contribution in [2.75, 3.05) is 13.6 Å². The second-order valence-electron chi connectivity index (χ2n) is 5.07. The van der Waals surface area contributed by atoms with Gasteiger partial charge in [-0.15, -0.1) is 0 Å². The molecule has 4 heteroatoms. The molecule has 3 N–H and O–H groups in total. The third-order valence-corrected chi connectivity index (χ3v) is 2.43. The first-order valence-electron chi connectivity index (χ1n) is 5.39. The second-order valence-corrected chi connectivity index (χ2v) is 5.07. The Morgan fingerprint density at radius 2 is 1.93 bits per heavy atom. The van der Waals surface area contributed by atoms with E-state index < -0.39 is 6.10 Å². The number of carbonyl (C=O) groups excluding carboxylic acids is 1. The van der Waals surface area contributed by atoms with E-state index in [1.807, 2.05) is 27.7 Å². The lowest BCUT2D eigenvalue weighted by molar-refractivity contribution is -0.121. The second kappa shape index (κ2) is 6.08. The summed E-state index contributed by atoms with van der Waals surface area (Å²) in [7, 11) is 1.62. The molecule has 2 atom stereocenters. The quantitative estimate of drug-likeness (QED) is 0.627. The third kappa shape index (κ3) is 6.47. The topological polar surface area (TPSA) is 61.4 Å². The van der Waals surface area contributed by atoms with Gasteiger partial charge in [-0.1, -0.05) is 20.8 Å². The van der Waals surface area contributed by atoms with Crippen molar-refractivity contribution in [2.24, 2.45) is 5.41 Å². The van der Waals surface area contributed by atoms with Crippen LogP contribution in [0.15, 0.2) is 0 Å². The summed E-state index contributed by atoms with van der Waals surface area (Å²) in [4.78, 5) is 11.1. The normalized spacial score (nSPS) is 15.9. The van der Waals surface area contributed by atoms with Gasteiger partial charge in [-0.2, -0.15) is 0 Å². The fraction of sp³-hybridized carbons (Fsp3) is 0.909. The zero-order valence-corrected chi connectivity index (χ0v) is 10.4. The Morgan fingerprint density at radius 1 is 1.40 bits per heavy atom. The van der Waals surface area contributed by atoms with E-state index in [1.54, 1.807) is 7.05 Å². The van der Waals surface area contributed by atoms with Crippen molar-refractivity contribution in [1.82, 2.24) is 10.6 Å². The zero-order valence-electron chi connectivity index (χ0n) is 10.4. The summed E-state index contributed by atoms with van der Waals surface area (Å²) in [5.74, 6) is 0.0141. The molecule has 2 unspecified atom stereocenters. The van der Waals surface area contributed by atoms with E-state index in [1.165, 1.54) is 0 Å². The van der Waals surface area contributed by atoms with E-state index in [-0.39, 0.29) is 17.4 Å². The molecule has 0 saturated carbocycles. The Kier molecular flexibility index (Phi) is 5.83. The van der Waals surface area contributed by atoms with E-state index in [0.717, 1.165) is 0 Å². The predicted octanol–water partition coefficient (Wildman–Crippen LogP) is 0.508. The highest BCUT2D eigenvalue weighted by molar-refractivity contribution is 5.76. The van der Waals surface area contributed by atoms with E-state index >= 15 is 0 Å². The summed E-state index contributed by atoms with van der Waals surface area (Å²) < 4.78 is 0. The Bertz CT molecular complexity index is 199. The van der Waals surface area contributed by atoms with E-state index in [4.69, 9.17) is 0 Å². The number of hydrogen-bond acceptors (Lipinski definition) is 3. The number of rotatable bonds is 5. The van der Waals surface area contributed by atoms with Gasteiger partial charge in [0.25, 0.3) is 0 Å². The molecule has 90 valence electrons. The van der Waals surface area contributed by atoms with Crippen LogP contribution in [0.5, 0.6) is 0 Å². The van der Waals surface area contributed by atoms with E-state index in [9.17, 15) is 9.90 Å². The van der Waals surface area contributed by atoms with Gasteiger partial charge in [-0.25, -0.2) is 0 Å². The summed E-state index contributed by atoms with van der Waals surface area (Å²) in [5.41, 5.74) is -0.125. The van der Waals surface area contributed by atoms with Gasteiger partial charge < -0.3 is 15.7 Å². The molecule has 0 bridgehead atoms. The largest absolute Gasteiger partial charge is 0.391 e. The molecule has 1 amide bonds. The maximum atomic E-state index is 11.1. The van der Waals surface area contributed by atoms with Crippen LogP contribution in [0.2, 0.25) is 0 Å². The van der Waals surface area contributed by atoms with Gasteiger partial charge in [0.05, 0.1) is 6.10 Å². The first-order valence-corrected chi connectivity index (χ1v) is 5.39. The third-order valence-electron chi connectivity index (χ3n) is 2.43. The molecule has 0 aliphatic rings. The molecule has 0 aromatic carbocycles. The summed E-state index contributed by atoms with van der Waals surface area (Å²) in [6, 6.07) is 0.0851. The Hall–Kier alpha value is -0.610. The smallest absolute Gasteiger partial charge is 0.221 e. The van der Waals surface area contributed by atoms with Gasteiger partial charge in [0.15, 0.2) is 0 Å². The summed E-state index contributed by atoms with van der Waals surface area (Å²) >= 11 is 0. The first kappa shape index (κ1) is 14.4. The van der Waals surface area contributed by atoms with Crippen molar-refractivity contribution >= 4 is 5.91 Å². The number of hydrogen-bond donors (Lipinski definition) is 3. The monoisotopic (exact) mass is 216 g/mol. The SMILES string of the molecule is CNC(=O)CC(C)NCC(O)C(C)(C)C. The summed E-state index contributed by atoms with van der Waals surface area (Å²) in [5, 5.41) is 15.5. The van der Waals surface area contributed by atoms with Crippen LogP contribution in [0.4, 0.5) is 0 Å². The minimum atomic E-state index is -0.398. The molecule has 0 aliphatic heterocycles. The molecular weight excluding hydrogens is 192 g/mol. The molecule has 15 heavy (non-hydrogen) atoms. The predicted molar refractivity (Wildman–Crippen MR) is 61.6 cm³/mol. The maximum absolute atomic E-state index is 11.1. The highest BCUT2D eigenvalue weighted by Crippen LogP contribution is 2.18. The number of nitrogens with one attached hydrogen (secondary N) is 2. The number of carbonyl (C=O) groups is 1. The minimum Gasteiger partial charge on any atom is -0.391 e. The van der Waals surface area contributed by atoms with Crippen molar-refractivity contribution in [2.45, 2.75) is 46.3 Å². The molecule has 0 radical (unpaired) electrons. The van der Waals surface area contributed by atoms with Crippen LogP contribution in [-0.4, -0.2) is 36.8 Å². The molecule has 0 spiro atoms. The van der Waals surface area contributed by atoms with Gasteiger partial charge in [-0.3, -0.25) is 4.79 Å². The zero-order chi connectivity index (χ0) is 12.1. The summed E-state index contributed by atoms with van der Waals surface area (Å²) in [6.07, 6.45) is 0.0394. The average Bonchev–Trinajstić information content (AvgIpc) is 2.12. The number of aliphatic hydroxyl groups is 1. The molecule has 0 aromatic heterocycles. The molecule has 4 nitrogen and oxygen atoms in total. The fourth-order valence-corrected chi connectivity index (χ4v) is 1.07. The lowest BCUT2D eigenvalue weighted by atomic mass is 9.89. The van der Waals surface area contributed by atoms with Gasteiger partial charge in [-0.05, 0) is 12.3 Å². The molecule has 0 fully saturated rings. The highest BCUT2D eigenvalue weighted by atomic mass is 16.3. The minimum absolute atomic E-state index is 0.0141. The highest BCUT2D eigenvalue weighted by Gasteiger charge is 2.22. The molecular formula is C11H24N2O2. The van der Waals surface area contributed by atoms with Crippen LogP contribution in [-0.2, 0) is 4.79 Å². The van der Waals surface area contributed by atoms with Crippen LogP contribution in [0.3, 0.4) is 0 Å². The Morgan fingerprint density at radius 3 is 2.33 bits per heavy atom. The molecule has 0 aromatic rings. The Labute approximate surface area is 92.4 Å². The van der Waals surface area contributed by atoms with Crippen molar-refractivity contribution in [1.29, 1.82) is 0 Å². The molecule has 0 saturated heterocycles. The van der Waals surface area contributed by atoms with Gasteiger partial charge in [0.2, 0.25) is 5.91 Å². The fourth-order valence-electron chi connectivity index (χ4n) is 1.07. The van der Waals surface area contributed by atoms with E-state index in [0.29, 0.717) is 13.0 Å². The van der Waals surface area contributed by atoms with Crippen LogP contribution >= 0.6 is 0 Å². The van der Waals surface area contributed by atoms with E-state index in [2.05, 4.69) is 10.6 Å². The van der Waals surface area contributed by atoms with Crippen LogP contribution < -0.4 is 10.6 Å². The average molecular weight is 216 g/mol. The van der Waals surface area contributed by atoms with Crippen molar-refractivity contribution in [3.05, 3.63) is 0 Å². The summed E-state index contributed by atoms with van der Waals surface area (Å²) in [6.45, 7) is 8.42. The Balaban J connectivity index is 3.81. The van der Waals surface area contributed by atoms with Crippen molar-refractivity contribution in [3.8, 4) is 0 Å². The molecule has 0 heterocycles. The first-order chi connectivity index (χ1) is 6.77. The van der Waals surface area contributed by atoms with Gasteiger partial charge in [0, 0.05) is 26.1 Å². The van der Waals surface area contributed by atoms with Crippen LogP contribution in [0.25, 0.3) is 0 Å².